The number of nitrogens with one attached hydrogen (secondary N) is 1. The molecule has 1 aromatic carbocycles. The van der Waals surface area contributed by atoms with Crippen molar-refractivity contribution in [2.45, 2.75) is 6.43 Å². The largest absolute Gasteiger partial charge is 0.445 e. The molecule has 0 fully saturated rings. The highest BCUT2D eigenvalue weighted by atomic mass is 19.3. The first-order valence-electron chi connectivity index (χ1n) is 4.56. The smallest absolute Gasteiger partial charge is 0.411 e. The Morgan fingerprint density at radius 2 is 2.06 bits per heavy atom. The Morgan fingerprint density at radius 3 is 2.56 bits per heavy atom. The summed E-state index contributed by atoms with van der Waals surface area (Å²) < 4.78 is 29.1. The van der Waals surface area contributed by atoms with Crippen LogP contribution >= 0.6 is 0 Å². The van der Waals surface area contributed by atoms with Crippen molar-refractivity contribution < 1.29 is 18.3 Å². The average molecular weight is 227 g/mol. The standard InChI is InChI=1S/C11H11F2NO2/c1-2-7-16-11(15)14-9-5-3-8(4-6-9)10(12)13/h2-6,10H,1,7H2,(H,14,15). The van der Waals surface area contributed by atoms with E-state index in [0.717, 1.165) is 0 Å². The van der Waals surface area contributed by atoms with Gasteiger partial charge in [0.1, 0.15) is 6.61 Å². The van der Waals surface area contributed by atoms with Crippen molar-refractivity contribution in [3.05, 3.63) is 42.5 Å². The molecule has 0 aliphatic heterocycles. The molecule has 1 N–H and O–H groups in total. The van der Waals surface area contributed by atoms with Gasteiger partial charge in [-0.2, -0.15) is 0 Å². The lowest BCUT2D eigenvalue weighted by molar-refractivity contribution is 0.151. The molecule has 0 spiro atoms. The van der Waals surface area contributed by atoms with Crippen LogP contribution in [0.25, 0.3) is 0 Å². The van der Waals surface area contributed by atoms with E-state index >= 15 is 0 Å². The van der Waals surface area contributed by atoms with Gasteiger partial charge < -0.3 is 4.74 Å². The van der Waals surface area contributed by atoms with Crippen molar-refractivity contribution in [2.75, 3.05) is 11.9 Å². The number of hydrogen-bond acceptors (Lipinski definition) is 2. The fourth-order valence-corrected chi connectivity index (χ4v) is 1.00. The van der Waals surface area contributed by atoms with Crippen LogP contribution in [0.4, 0.5) is 19.3 Å². The predicted molar refractivity (Wildman–Crippen MR) is 56.6 cm³/mol. The number of halogens is 2. The van der Waals surface area contributed by atoms with Crippen LogP contribution in [0, 0.1) is 0 Å². The van der Waals surface area contributed by atoms with Gasteiger partial charge in [-0.1, -0.05) is 24.8 Å². The number of ether oxygens (including phenoxy) is 1. The third-order valence-electron chi connectivity index (χ3n) is 1.74. The molecule has 3 nitrogen and oxygen atoms in total. The summed E-state index contributed by atoms with van der Waals surface area (Å²) in [6.45, 7) is 3.48. The van der Waals surface area contributed by atoms with Gasteiger partial charge >= 0.3 is 6.09 Å². The number of amides is 1. The number of benzene rings is 1. The summed E-state index contributed by atoms with van der Waals surface area (Å²) in [4.78, 5) is 11.1. The lowest BCUT2D eigenvalue weighted by atomic mass is 10.2. The maximum absolute atomic E-state index is 12.2. The Balaban J connectivity index is 2.54. The molecule has 0 unspecified atom stereocenters. The number of anilines is 1. The Hall–Kier alpha value is -1.91. The zero-order valence-electron chi connectivity index (χ0n) is 8.45. The van der Waals surface area contributed by atoms with Crippen molar-refractivity contribution in [1.82, 2.24) is 0 Å². The molecule has 0 bridgehead atoms. The van der Waals surface area contributed by atoms with Gasteiger partial charge in [-0.05, 0) is 12.1 Å². The van der Waals surface area contributed by atoms with Crippen LogP contribution in [0.2, 0.25) is 0 Å². The lowest BCUT2D eigenvalue weighted by Crippen LogP contribution is -2.13. The van der Waals surface area contributed by atoms with E-state index < -0.39 is 12.5 Å². The first-order valence-corrected chi connectivity index (χ1v) is 4.56. The normalized spacial score (nSPS) is 9.94. The SMILES string of the molecule is C=CCOC(=O)Nc1ccc(C(F)F)cc1. The molecular formula is C11H11F2NO2. The maximum Gasteiger partial charge on any atom is 0.411 e. The van der Waals surface area contributed by atoms with Crippen LogP contribution in [0.1, 0.15) is 12.0 Å². The van der Waals surface area contributed by atoms with Crippen LogP contribution in [-0.2, 0) is 4.74 Å². The number of rotatable bonds is 4. The second-order valence-corrected chi connectivity index (χ2v) is 2.93. The molecule has 0 saturated carbocycles. The first kappa shape index (κ1) is 12.2. The lowest BCUT2D eigenvalue weighted by Gasteiger charge is -2.06. The van der Waals surface area contributed by atoms with Crippen molar-refractivity contribution in [3.8, 4) is 0 Å². The summed E-state index contributed by atoms with van der Waals surface area (Å²) >= 11 is 0. The highest BCUT2D eigenvalue weighted by molar-refractivity contribution is 5.84. The van der Waals surface area contributed by atoms with Gasteiger partial charge in [0.05, 0.1) is 0 Å². The maximum atomic E-state index is 12.2. The van der Waals surface area contributed by atoms with Crippen LogP contribution in [0.15, 0.2) is 36.9 Å². The Kier molecular flexibility index (Phi) is 4.44. The van der Waals surface area contributed by atoms with E-state index in [1.54, 1.807) is 0 Å². The van der Waals surface area contributed by atoms with Gasteiger partial charge in [0.15, 0.2) is 0 Å². The van der Waals surface area contributed by atoms with E-state index in [2.05, 4.69) is 16.6 Å². The summed E-state index contributed by atoms with van der Waals surface area (Å²) in [7, 11) is 0. The second kappa shape index (κ2) is 5.85. The third kappa shape index (κ3) is 3.68. The number of carbonyl (C=O) groups excluding carboxylic acids is 1. The van der Waals surface area contributed by atoms with E-state index in [1.807, 2.05) is 0 Å². The van der Waals surface area contributed by atoms with Crippen LogP contribution in [0.3, 0.4) is 0 Å². The van der Waals surface area contributed by atoms with Crippen LogP contribution in [-0.4, -0.2) is 12.7 Å². The van der Waals surface area contributed by atoms with E-state index in [4.69, 9.17) is 0 Å². The topological polar surface area (TPSA) is 38.3 Å². The van der Waals surface area contributed by atoms with Gasteiger partial charge in [-0.25, -0.2) is 13.6 Å². The molecule has 0 saturated heterocycles. The molecular weight excluding hydrogens is 216 g/mol. The van der Waals surface area contributed by atoms with Gasteiger partial charge in [0.2, 0.25) is 0 Å². The van der Waals surface area contributed by atoms with Gasteiger partial charge in [-0.3, -0.25) is 5.32 Å². The highest BCUT2D eigenvalue weighted by Gasteiger charge is 2.07. The Bertz CT molecular complexity index is 363. The van der Waals surface area contributed by atoms with Gasteiger partial charge in [0.25, 0.3) is 6.43 Å². The summed E-state index contributed by atoms with van der Waals surface area (Å²) in [6, 6.07) is 5.26. The van der Waals surface area contributed by atoms with Crippen molar-refractivity contribution in [3.63, 3.8) is 0 Å². The van der Waals surface area contributed by atoms with Crippen molar-refractivity contribution in [1.29, 1.82) is 0 Å². The summed E-state index contributed by atoms with van der Waals surface area (Å²) in [5.74, 6) is 0. The molecule has 0 radical (unpaired) electrons. The van der Waals surface area contributed by atoms with Crippen LogP contribution in [0.5, 0.6) is 0 Å². The molecule has 86 valence electrons. The van der Waals surface area contributed by atoms with Crippen molar-refractivity contribution >= 4 is 11.8 Å². The minimum Gasteiger partial charge on any atom is -0.445 e. The average Bonchev–Trinajstić information content (AvgIpc) is 2.27. The minimum absolute atomic E-state index is 0.0926. The molecule has 1 aromatic rings. The zero-order valence-corrected chi connectivity index (χ0v) is 8.45. The fourth-order valence-electron chi connectivity index (χ4n) is 1.00. The molecule has 0 aliphatic rings. The van der Waals surface area contributed by atoms with E-state index in [0.29, 0.717) is 5.69 Å². The van der Waals surface area contributed by atoms with Crippen molar-refractivity contribution in [2.24, 2.45) is 0 Å². The summed E-state index contributed by atoms with van der Waals surface area (Å²) in [5.41, 5.74) is 0.309. The minimum atomic E-state index is -2.51. The molecule has 16 heavy (non-hydrogen) atoms. The number of carbonyl (C=O) groups is 1. The molecule has 0 atom stereocenters. The van der Waals surface area contributed by atoms with Gasteiger partial charge in [0, 0.05) is 11.3 Å². The molecule has 0 aliphatic carbocycles. The zero-order chi connectivity index (χ0) is 12.0. The molecule has 5 heteroatoms. The molecule has 1 rings (SSSR count). The van der Waals surface area contributed by atoms with Gasteiger partial charge in [-0.15, -0.1) is 0 Å². The fraction of sp³-hybridized carbons (Fsp3) is 0.182. The Morgan fingerprint density at radius 1 is 1.44 bits per heavy atom. The highest BCUT2D eigenvalue weighted by Crippen LogP contribution is 2.20. The number of hydrogen-bond donors (Lipinski definition) is 1. The van der Waals surface area contributed by atoms with E-state index in [1.165, 1.54) is 30.3 Å². The predicted octanol–water partition coefficient (Wildman–Crippen LogP) is 3.36. The molecule has 1 amide bonds. The number of alkyl halides is 2. The first-order chi connectivity index (χ1) is 7.63. The Labute approximate surface area is 91.7 Å². The van der Waals surface area contributed by atoms with E-state index in [9.17, 15) is 13.6 Å². The molecule has 0 heterocycles. The quantitative estimate of drug-likeness (QED) is 0.801. The monoisotopic (exact) mass is 227 g/mol. The summed E-state index contributed by atoms with van der Waals surface area (Å²) in [6.07, 6.45) is -1.73. The third-order valence-corrected chi connectivity index (χ3v) is 1.74. The summed E-state index contributed by atoms with van der Waals surface area (Å²) in [5, 5.41) is 2.39. The second-order valence-electron chi connectivity index (χ2n) is 2.93. The van der Waals surface area contributed by atoms with Crippen LogP contribution < -0.4 is 5.32 Å². The molecule has 0 aromatic heterocycles. The van der Waals surface area contributed by atoms with E-state index in [-0.39, 0.29) is 12.2 Å².